The van der Waals surface area contributed by atoms with E-state index in [1.165, 1.54) is 11.3 Å². The highest BCUT2D eigenvalue weighted by Crippen LogP contribution is 2.34. The molecule has 1 aromatic rings. The molecule has 20 heavy (non-hydrogen) atoms. The number of aromatic nitrogens is 1. The van der Waals surface area contributed by atoms with E-state index in [4.69, 9.17) is 4.74 Å². The van der Waals surface area contributed by atoms with Gasteiger partial charge in [-0.2, -0.15) is 0 Å². The molecular weight excluding hydrogens is 278 g/mol. The third-order valence-electron chi connectivity index (χ3n) is 4.00. The summed E-state index contributed by atoms with van der Waals surface area (Å²) in [6.45, 7) is 2.68. The van der Waals surface area contributed by atoms with Gasteiger partial charge in [-0.25, -0.2) is 0 Å². The lowest BCUT2D eigenvalue weighted by atomic mass is 9.88. The van der Waals surface area contributed by atoms with Crippen molar-refractivity contribution in [1.29, 1.82) is 0 Å². The van der Waals surface area contributed by atoms with E-state index in [0.29, 0.717) is 31.1 Å². The Bertz CT molecular complexity index is 519. The van der Waals surface area contributed by atoms with E-state index in [1.54, 1.807) is 23.7 Å². The number of ether oxygens (including phenoxy) is 1. The summed E-state index contributed by atoms with van der Waals surface area (Å²) >= 11 is 1.36. The van der Waals surface area contributed by atoms with Gasteiger partial charge in [0.2, 0.25) is 5.91 Å². The normalized spacial score (nSPS) is 27.1. The molecule has 6 nitrogen and oxygen atoms in total. The van der Waals surface area contributed by atoms with Gasteiger partial charge in [-0.3, -0.25) is 14.6 Å². The minimum absolute atomic E-state index is 0.00843. The van der Waals surface area contributed by atoms with Crippen LogP contribution < -0.4 is 0 Å². The first-order valence-electron chi connectivity index (χ1n) is 6.59. The van der Waals surface area contributed by atoms with E-state index in [-0.39, 0.29) is 23.8 Å². The maximum absolute atomic E-state index is 12.3. The largest absolute Gasteiger partial charge is 0.371 e. The number of rotatable bonds is 1. The number of nitrogens with zero attached hydrogens (tertiary/aromatic N) is 3. The van der Waals surface area contributed by atoms with Crippen molar-refractivity contribution in [3.05, 3.63) is 16.6 Å². The summed E-state index contributed by atoms with van der Waals surface area (Å²) in [5, 5.41) is 0. The second kappa shape index (κ2) is 5.14. The lowest BCUT2D eigenvalue weighted by molar-refractivity contribution is -0.132. The summed E-state index contributed by atoms with van der Waals surface area (Å²) < 4.78 is 5.49. The molecule has 0 N–H and O–H groups in total. The van der Waals surface area contributed by atoms with Gasteiger partial charge in [-0.15, -0.1) is 11.3 Å². The Balaban J connectivity index is 1.72. The molecular formula is C13H17N3O3S. The molecule has 0 aliphatic carbocycles. The summed E-state index contributed by atoms with van der Waals surface area (Å²) in [6.07, 6.45) is 2.48. The van der Waals surface area contributed by atoms with Gasteiger partial charge < -0.3 is 14.5 Å². The van der Waals surface area contributed by atoms with Crippen molar-refractivity contribution in [1.82, 2.24) is 14.8 Å². The summed E-state index contributed by atoms with van der Waals surface area (Å²) in [6, 6.07) is 0. The van der Waals surface area contributed by atoms with E-state index in [1.807, 2.05) is 4.90 Å². The molecule has 0 radical (unpaired) electrons. The lowest BCUT2D eigenvalue weighted by Gasteiger charge is -2.29. The van der Waals surface area contributed by atoms with Crippen molar-refractivity contribution in [2.24, 2.45) is 5.41 Å². The molecule has 0 aromatic carbocycles. The molecule has 2 fully saturated rings. The highest BCUT2D eigenvalue weighted by molar-refractivity contribution is 7.11. The molecule has 3 rings (SSSR count). The first-order valence-corrected chi connectivity index (χ1v) is 7.47. The van der Waals surface area contributed by atoms with Gasteiger partial charge in [0.15, 0.2) is 0 Å². The van der Waals surface area contributed by atoms with E-state index >= 15 is 0 Å². The summed E-state index contributed by atoms with van der Waals surface area (Å²) in [5.74, 6) is 0.0386. The minimum Gasteiger partial charge on any atom is -0.371 e. The predicted molar refractivity (Wildman–Crippen MR) is 73.5 cm³/mol. The number of hydrogen-bond acceptors (Lipinski definition) is 5. The van der Waals surface area contributed by atoms with Gasteiger partial charge in [-0.05, 0) is 6.42 Å². The topological polar surface area (TPSA) is 62.7 Å². The van der Waals surface area contributed by atoms with Crippen molar-refractivity contribution >= 4 is 23.2 Å². The van der Waals surface area contributed by atoms with Gasteiger partial charge in [0.25, 0.3) is 5.91 Å². The molecule has 1 unspecified atom stereocenters. The van der Waals surface area contributed by atoms with Crippen LogP contribution in [-0.2, 0) is 9.53 Å². The van der Waals surface area contributed by atoms with Crippen LogP contribution in [0, 0.1) is 5.41 Å². The van der Waals surface area contributed by atoms with Crippen LogP contribution in [0.25, 0.3) is 0 Å². The molecule has 0 bridgehead atoms. The van der Waals surface area contributed by atoms with E-state index in [2.05, 4.69) is 4.98 Å². The molecule has 1 atom stereocenters. The maximum Gasteiger partial charge on any atom is 0.265 e. The number of hydrogen-bond donors (Lipinski definition) is 0. The molecule has 108 valence electrons. The molecule has 2 aliphatic rings. The molecule has 0 saturated carbocycles. The molecule has 1 spiro atoms. The van der Waals surface area contributed by atoms with Gasteiger partial charge in [0, 0.05) is 32.1 Å². The van der Waals surface area contributed by atoms with E-state index < -0.39 is 0 Å². The zero-order chi connectivity index (χ0) is 14.2. The Hall–Kier alpha value is -1.47. The first-order chi connectivity index (χ1) is 9.60. The van der Waals surface area contributed by atoms with Crippen LogP contribution in [0.1, 0.15) is 16.1 Å². The van der Waals surface area contributed by atoms with Crippen LogP contribution in [0.4, 0.5) is 0 Å². The Kier molecular flexibility index (Phi) is 3.47. The van der Waals surface area contributed by atoms with Crippen LogP contribution in [0.2, 0.25) is 0 Å². The summed E-state index contributed by atoms with van der Waals surface area (Å²) in [7, 11) is 1.80. The van der Waals surface area contributed by atoms with Gasteiger partial charge >= 0.3 is 0 Å². The number of carbonyl (C=O) groups is 2. The highest BCUT2D eigenvalue weighted by Gasteiger charge is 2.43. The van der Waals surface area contributed by atoms with Crippen LogP contribution in [0.5, 0.6) is 0 Å². The second-order valence-corrected chi connectivity index (χ2v) is 6.47. The van der Waals surface area contributed by atoms with Gasteiger partial charge in [0.1, 0.15) is 11.5 Å². The Morgan fingerprint density at radius 1 is 1.50 bits per heavy atom. The number of likely N-dealkylation sites (N-methyl/N-ethyl adjacent to an activating group) is 1. The highest BCUT2D eigenvalue weighted by atomic mass is 32.1. The quantitative estimate of drug-likeness (QED) is 0.755. The summed E-state index contributed by atoms with van der Waals surface area (Å²) in [5.41, 5.74) is 1.54. The number of carbonyl (C=O) groups excluding carboxylic acids is 2. The van der Waals surface area contributed by atoms with Crippen LogP contribution in [0.15, 0.2) is 11.7 Å². The molecule has 2 saturated heterocycles. The van der Waals surface area contributed by atoms with Crippen molar-refractivity contribution in [2.45, 2.75) is 6.42 Å². The zero-order valence-corrected chi connectivity index (χ0v) is 12.2. The minimum atomic E-state index is -0.124. The monoisotopic (exact) mass is 295 g/mol. The maximum atomic E-state index is 12.3. The average molecular weight is 295 g/mol. The second-order valence-electron chi connectivity index (χ2n) is 5.58. The van der Waals surface area contributed by atoms with Crippen molar-refractivity contribution in [3.63, 3.8) is 0 Å². The Morgan fingerprint density at radius 3 is 3.10 bits per heavy atom. The third-order valence-corrected chi connectivity index (χ3v) is 4.76. The van der Waals surface area contributed by atoms with Gasteiger partial charge in [0.05, 0.1) is 18.3 Å². The smallest absolute Gasteiger partial charge is 0.265 e. The Labute approximate surface area is 121 Å². The predicted octanol–water partition coefficient (Wildman–Crippen LogP) is 0.464. The van der Waals surface area contributed by atoms with E-state index in [0.717, 1.165) is 6.42 Å². The van der Waals surface area contributed by atoms with Crippen LogP contribution >= 0.6 is 11.3 Å². The number of thiazole rings is 1. The lowest BCUT2D eigenvalue weighted by Crippen LogP contribution is -2.41. The van der Waals surface area contributed by atoms with Crippen molar-refractivity contribution in [2.75, 3.05) is 39.9 Å². The fourth-order valence-corrected chi connectivity index (χ4v) is 3.52. The van der Waals surface area contributed by atoms with Crippen molar-refractivity contribution in [3.8, 4) is 0 Å². The number of amides is 2. The van der Waals surface area contributed by atoms with Crippen LogP contribution in [0.3, 0.4) is 0 Å². The molecule has 7 heteroatoms. The zero-order valence-electron chi connectivity index (χ0n) is 11.4. The van der Waals surface area contributed by atoms with Crippen LogP contribution in [-0.4, -0.2) is 66.5 Å². The SMILES string of the molecule is CN1CC2(CCN(C(=O)c3cncs3)C2)COCC1=O. The fourth-order valence-electron chi connectivity index (χ4n) is 2.93. The fraction of sp³-hybridized carbons (Fsp3) is 0.615. The van der Waals surface area contributed by atoms with E-state index in [9.17, 15) is 9.59 Å². The molecule has 1 aromatic heterocycles. The van der Waals surface area contributed by atoms with Crippen molar-refractivity contribution < 1.29 is 14.3 Å². The first kappa shape index (κ1) is 13.5. The third kappa shape index (κ3) is 2.43. The standard InChI is InChI=1S/C13H17N3O3S/c1-15-6-13(8-19-5-11(15)17)2-3-16(7-13)12(18)10-4-14-9-20-10/h4,9H,2-3,5-8H2,1H3. The average Bonchev–Trinajstić information content (AvgIpc) is 3.05. The molecule has 2 amide bonds. The summed E-state index contributed by atoms with van der Waals surface area (Å²) in [4.78, 5) is 32.2. The number of likely N-dealkylation sites (tertiary alicyclic amines) is 1. The molecule has 3 heterocycles. The Morgan fingerprint density at radius 2 is 2.35 bits per heavy atom. The molecule has 2 aliphatic heterocycles. The van der Waals surface area contributed by atoms with Gasteiger partial charge in [-0.1, -0.05) is 0 Å².